The molecule has 2 fully saturated rings. The number of hydrogen-bond acceptors (Lipinski definition) is 1. The van der Waals surface area contributed by atoms with Crippen molar-refractivity contribution in [1.82, 2.24) is 4.90 Å². The normalized spacial score (nSPS) is 33.0. The zero-order valence-corrected chi connectivity index (χ0v) is 10.1. The summed E-state index contributed by atoms with van der Waals surface area (Å²) in [6.45, 7) is 6.13. The molecule has 0 amide bonds. The molecule has 82 valence electrons. The van der Waals surface area contributed by atoms with Crippen molar-refractivity contribution in [3.63, 3.8) is 0 Å². The quantitative estimate of drug-likeness (QED) is 0.620. The highest BCUT2D eigenvalue weighted by Gasteiger charge is 2.43. The Hall–Kier alpha value is -0.0400. The molecule has 0 bridgehead atoms. The van der Waals surface area contributed by atoms with E-state index in [0.29, 0.717) is 0 Å². The highest BCUT2D eigenvalue weighted by atomic mass is 15.2. The van der Waals surface area contributed by atoms with Crippen molar-refractivity contribution in [2.24, 2.45) is 11.3 Å². The highest BCUT2D eigenvalue weighted by molar-refractivity contribution is 4.96. The molecule has 0 unspecified atom stereocenters. The van der Waals surface area contributed by atoms with Crippen LogP contribution in [-0.4, -0.2) is 24.5 Å². The fourth-order valence-electron chi connectivity index (χ4n) is 3.72. The number of nitrogens with zero attached hydrogens (tertiary/aromatic N) is 1. The Labute approximate surface area is 88.9 Å². The minimum atomic E-state index is 0.724. The van der Waals surface area contributed by atoms with E-state index < -0.39 is 0 Å². The molecular formula is C13H25N. The second-order valence-corrected chi connectivity index (χ2v) is 5.99. The molecule has 0 aromatic rings. The Morgan fingerprint density at radius 1 is 1.14 bits per heavy atom. The van der Waals surface area contributed by atoms with Gasteiger partial charge in [-0.05, 0) is 37.6 Å². The Kier molecular flexibility index (Phi) is 2.88. The predicted molar refractivity (Wildman–Crippen MR) is 61.4 cm³/mol. The summed E-state index contributed by atoms with van der Waals surface area (Å²) in [5.41, 5.74) is 0.724. The van der Waals surface area contributed by atoms with Crippen LogP contribution in [0.25, 0.3) is 0 Å². The maximum Gasteiger partial charge on any atom is 0.0121 e. The van der Waals surface area contributed by atoms with Crippen LogP contribution in [0.4, 0.5) is 0 Å². The smallest absolute Gasteiger partial charge is 0.0121 e. The molecule has 1 aliphatic heterocycles. The number of rotatable bonds is 1. The van der Waals surface area contributed by atoms with Crippen molar-refractivity contribution < 1.29 is 0 Å². The van der Waals surface area contributed by atoms with E-state index in [4.69, 9.17) is 0 Å². The maximum atomic E-state index is 2.62. The van der Waals surface area contributed by atoms with Crippen LogP contribution in [0.15, 0.2) is 0 Å². The Morgan fingerprint density at radius 3 is 2.29 bits per heavy atom. The zero-order valence-electron chi connectivity index (χ0n) is 10.1. The molecule has 1 spiro atoms. The zero-order chi connectivity index (χ0) is 10.2. The number of hydrogen-bond donors (Lipinski definition) is 0. The summed E-state index contributed by atoms with van der Waals surface area (Å²) in [5, 5.41) is 0. The van der Waals surface area contributed by atoms with Gasteiger partial charge in [0, 0.05) is 12.6 Å². The van der Waals surface area contributed by atoms with Crippen LogP contribution in [0.2, 0.25) is 0 Å². The molecule has 1 saturated heterocycles. The minimum absolute atomic E-state index is 0.724. The van der Waals surface area contributed by atoms with Gasteiger partial charge in [0.05, 0.1) is 0 Å². The molecule has 0 aromatic heterocycles. The molecule has 1 saturated carbocycles. The lowest BCUT2D eigenvalue weighted by atomic mass is 9.72. The van der Waals surface area contributed by atoms with Crippen molar-refractivity contribution in [3.05, 3.63) is 0 Å². The molecule has 1 nitrogen and oxygen atoms in total. The van der Waals surface area contributed by atoms with Crippen LogP contribution >= 0.6 is 0 Å². The summed E-state index contributed by atoms with van der Waals surface area (Å²) >= 11 is 0. The van der Waals surface area contributed by atoms with Gasteiger partial charge in [0.1, 0.15) is 0 Å². The molecule has 2 rings (SSSR count). The van der Waals surface area contributed by atoms with Crippen LogP contribution in [0.3, 0.4) is 0 Å². The van der Waals surface area contributed by atoms with Crippen LogP contribution in [0.1, 0.15) is 52.4 Å². The topological polar surface area (TPSA) is 3.24 Å². The summed E-state index contributed by atoms with van der Waals surface area (Å²) in [6.07, 6.45) is 8.93. The number of likely N-dealkylation sites (tertiary alicyclic amines) is 1. The van der Waals surface area contributed by atoms with Gasteiger partial charge in [-0.3, -0.25) is 0 Å². The van der Waals surface area contributed by atoms with Gasteiger partial charge in [-0.2, -0.15) is 0 Å². The first-order chi connectivity index (χ1) is 6.63. The summed E-state index contributed by atoms with van der Waals surface area (Å²) in [4.78, 5) is 2.62. The summed E-state index contributed by atoms with van der Waals surface area (Å²) in [7, 11) is 2.33. The molecule has 1 heterocycles. The summed E-state index contributed by atoms with van der Waals surface area (Å²) in [5.74, 6) is 0.835. The van der Waals surface area contributed by atoms with Crippen molar-refractivity contribution >= 4 is 0 Å². The molecule has 0 aromatic carbocycles. The van der Waals surface area contributed by atoms with Gasteiger partial charge in [-0.25, -0.2) is 0 Å². The lowest BCUT2D eigenvalue weighted by Gasteiger charge is -2.33. The van der Waals surface area contributed by atoms with Crippen LogP contribution in [0, 0.1) is 11.3 Å². The largest absolute Gasteiger partial charge is 0.303 e. The Bertz CT molecular complexity index is 191. The van der Waals surface area contributed by atoms with Crippen molar-refractivity contribution in [2.45, 2.75) is 58.4 Å². The van der Waals surface area contributed by atoms with E-state index in [0.717, 1.165) is 17.4 Å². The fourth-order valence-corrected chi connectivity index (χ4v) is 3.72. The molecule has 1 aliphatic carbocycles. The molecule has 0 radical (unpaired) electrons. The van der Waals surface area contributed by atoms with E-state index in [-0.39, 0.29) is 0 Å². The first kappa shape index (κ1) is 10.5. The van der Waals surface area contributed by atoms with Crippen molar-refractivity contribution in [2.75, 3.05) is 13.6 Å². The second-order valence-electron chi connectivity index (χ2n) is 5.99. The van der Waals surface area contributed by atoms with E-state index in [9.17, 15) is 0 Å². The van der Waals surface area contributed by atoms with Gasteiger partial charge in [0.2, 0.25) is 0 Å². The van der Waals surface area contributed by atoms with E-state index in [2.05, 4.69) is 25.8 Å². The van der Waals surface area contributed by atoms with E-state index >= 15 is 0 Å². The lowest BCUT2D eigenvalue weighted by molar-refractivity contribution is 0.195. The fraction of sp³-hybridized carbons (Fsp3) is 1.00. The van der Waals surface area contributed by atoms with Gasteiger partial charge in [0.25, 0.3) is 0 Å². The van der Waals surface area contributed by atoms with Gasteiger partial charge in [0.15, 0.2) is 0 Å². The van der Waals surface area contributed by atoms with Crippen molar-refractivity contribution in [3.8, 4) is 0 Å². The minimum Gasteiger partial charge on any atom is -0.303 e. The average molecular weight is 195 g/mol. The predicted octanol–water partition coefficient (Wildman–Crippen LogP) is 3.30. The summed E-state index contributed by atoms with van der Waals surface area (Å²) in [6, 6.07) is 0.855. The Balaban J connectivity index is 2.03. The third-order valence-corrected chi connectivity index (χ3v) is 4.48. The van der Waals surface area contributed by atoms with E-state index in [1.54, 1.807) is 0 Å². The molecule has 1 heteroatoms. The molecule has 0 N–H and O–H groups in total. The lowest BCUT2D eigenvalue weighted by Crippen LogP contribution is -2.30. The monoisotopic (exact) mass is 195 g/mol. The first-order valence-corrected chi connectivity index (χ1v) is 6.33. The van der Waals surface area contributed by atoms with Gasteiger partial charge < -0.3 is 4.90 Å². The first-order valence-electron chi connectivity index (χ1n) is 6.33. The Morgan fingerprint density at radius 2 is 1.79 bits per heavy atom. The van der Waals surface area contributed by atoms with Gasteiger partial charge in [-0.1, -0.05) is 33.1 Å². The molecular weight excluding hydrogens is 170 g/mol. The van der Waals surface area contributed by atoms with Gasteiger partial charge in [-0.15, -0.1) is 0 Å². The van der Waals surface area contributed by atoms with Crippen LogP contribution in [0.5, 0.6) is 0 Å². The van der Waals surface area contributed by atoms with Gasteiger partial charge >= 0.3 is 0 Å². The molecule has 2 aliphatic rings. The van der Waals surface area contributed by atoms with E-state index in [1.165, 1.54) is 45.1 Å². The van der Waals surface area contributed by atoms with Crippen LogP contribution < -0.4 is 0 Å². The molecule has 14 heavy (non-hydrogen) atoms. The average Bonchev–Trinajstić information content (AvgIpc) is 2.44. The SMILES string of the molecule is CC(C)[C@H]1CC2(CCCCC2)CN1C. The van der Waals surface area contributed by atoms with Crippen molar-refractivity contribution in [1.29, 1.82) is 0 Å². The standard InChI is InChI=1S/C13H25N/c1-11(2)12-9-13(10-14(12)3)7-5-4-6-8-13/h11-12H,4-10H2,1-3H3/t12-/m1/s1. The van der Waals surface area contributed by atoms with E-state index in [1.807, 2.05) is 0 Å². The third kappa shape index (κ3) is 1.84. The van der Waals surface area contributed by atoms with Crippen LogP contribution in [-0.2, 0) is 0 Å². The molecule has 1 atom stereocenters. The highest BCUT2D eigenvalue weighted by Crippen LogP contribution is 2.46. The summed E-state index contributed by atoms with van der Waals surface area (Å²) < 4.78 is 0. The second kappa shape index (κ2) is 3.84. The maximum absolute atomic E-state index is 2.62. The third-order valence-electron chi connectivity index (χ3n) is 4.48.